The molecule has 2 amide bonds. The molecule has 2 aromatic rings. The van der Waals surface area contributed by atoms with Crippen LogP contribution in [0.2, 0.25) is 0 Å². The number of carboxylic acids is 1. The van der Waals surface area contributed by atoms with Crippen molar-refractivity contribution in [2.45, 2.75) is 83.8 Å². The number of aryl methyl sites for hydroxylation is 2. The van der Waals surface area contributed by atoms with E-state index in [1.54, 1.807) is 0 Å². The van der Waals surface area contributed by atoms with Gasteiger partial charge in [0, 0.05) is 13.1 Å². The Morgan fingerprint density at radius 1 is 0.950 bits per heavy atom. The third-order valence-electron chi connectivity index (χ3n) is 6.93. The van der Waals surface area contributed by atoms with Crippen molar-refractivity contribution in [1.29, 1.82) is 0 Å². The molecule has 2 N–H and O–H groups in total. The monoisotopic (exact) mass is 552 g/mol. The molecule has 0 saturated carbocycles. The molecule has 0 radical (unpaired) electrons. The van der Waals surface area contributed by atoms with E-state index >= 15 is 0 Å². The summed E-state index contributed by atoms with van der Waals surface area (Å²) in [5.74, 6) is -0.784. The van der Waals surface area contributed by atoms with Crippen molar-refractivity contribution in [2.75, 3.05) is 19.7 Å². The number of amides is 2. The molecule has 0 unspecified atom stereocenters. The van der Waals surface area contributed by atoms with Gasteiger partial charge in [-0.05, 0) is 89.0 Å². The molecule has 0 aliphatic carbocycles. The number of ether oxygens (including phenoxy) is 2. The van der Waals surface area contributed by atoms with Crippen LogP contribution in [0.15, 0.2) is 54.6 Å². The standard InChI is InChI=1S/C32H44N2O6/c1-32(2,3)40-31(38)33-19-9-7-13-25-15-17-28(18-16-25)39-23-27-21-26(22-29(35)36)30(37)34(27)20-10-8-14-24-11-5-4-6-12-24/h4-6,11-12,15-18,26-27H,7-10,13-14,19-23H2,1-3H3,(H,33,38)(H,35,36)/t26-,27-/m0/s1. The predicted octanol–water partition coefficient (Wildman–Crippen LogP) is 5.63. The number of hydrogen-bond acceptors (Lipinski definition) is 5. The van der Waals surface area contributed by atoms with Gasteiger partial charge in [0.2, 0.25) is 5.91 Å². The van der Waals surface area contributed by atoms with E-state index in [4.69, 9.17) is 9.47 Å². The first-order chi connectivity index (χ1) is 19.1. The molecule has 1 aliphatic heterocycles. The largest absolute Gasteiger partial charge is 0.491 e. The first-order valence-electron chi connectivity index (χ1n) is 14.4. The number of carbonyl (C=O) groups is 3. The number of nitrogens with one attached hydrogen (secondary N) is 1. The zero-order valence-corrected chi connectivity index (χ0v) is 24.1. The summed E-state index contributed by atoms with van der Waals surface area (Å²) < 4.78 is 11.3. The van der Waals surface area contributed by atoms with Crippen LogP contribution < -0.4 is 10.1 Å². The minimum absolute atomic E-state index is 0.0767. The lowest BCUT2D eigenvalue weighted by Crippen LogP contribution is -2.38. The average Bonchev–Trinajstić information content (AvgIpc) is 3.18. The van der Waals surface area contributed by atoms with E-state index < -0.39 is 23.6 Å². The number of nitrogens with zero attached hydrogens (tertiary/aromatic N) is 1. The van der Waals surface area contributed by atoms with Crippen LogP contribution in [0.4, 0.5) is 4.79 Å². The molecule has 1 aliphatic rings. The molecule has 40 heavy (non-hydrogen) atoms. The fourth-order valence-corrected chi connectivity index (χ4v) is 4.96. The predicted molar refractivity (Wildman–Crippen MR) is 154 cm³/mol. The second kappa shape index (κ2) is 15.3. The molecule has 8 heteroatoms. The van der Waals surface area contributed by atoms with E-state index in [1.165, 1.54) is 11.1 Å². The number of benzene rings is 2. The van der Waals surface area contributed by atoms with Gasteiger partial charge >= 0.3 is 12.1 Å². The molecule has 1 fully saturated rings. The molecule has 1 heterocycles. The summed E-state index contributed by atoms with van der Waals surface area (Å²) >= 11 is 0. The highest BCUT2D eigenvalue weighted by Crippen LogP contribution is 2.29. The Kier molecular flexibility index (Phi) is 11.8. The maximum Gasteiger partial charge on any atom is 0.407 e. The van der Waals surface area contributed by atoms with E-state index in [2.05, 4.69) is 17.4 Å². The summed E-state index contributed by atoms with van der Waals surface area (Å²) in [6, 6.07) is 18.1. The highest BCUT2D eigenvalue weighted by molar-refractivity contribution is 5.85. The Morgan fingerprint density at radius 3 is 2.25 bits per heavy atom. The van der Waals surface area contributed by atoms with Gasteiger partial charge in [0.1, 0.15) is 18.0 Å². The van der Waals surface area contributed by atoms with Crippen LogP contribution in [0.3, 0.4) is 0 Å². The molecule has 218 valence electrons. The normalized spacial score (nSPS) is 17.1. The Labute approximate surface area is 238 Å². The SMILES string of the molecule is CC(C)(C)OC(=O)NCCCCc1ccc(OC[C@@H]2C[C@@H](CC(=O)O)C(=O)N2CCCCc2ccccc2)cc1. The molecule has 0 bridgehead atoms. The van der Waals surface area contributed by atoms with Crippen LogP contribution in [-0.4, -0.2) is 59.3 Å². The van der Waals surface area contributed by atoms with Crippen molar-refractivity contribution in [1.82, 2.24) is 10.2 Å². The first kappa shape index (κ1) is 31.0. The van der Waals surface area contributed by atoms with Gasteiger partial charge in [-0.2, -0.15) is 0 Å². The molecule has 2 aromatic carbocycles. The van der Waals surface area contributed by atoms with Crippen LogP contribution in [0.25, 0.3) is 0 Å². The number of alkyl carbamates (subject to hydrolysis) is 1. The quantitative estimate of drug-likeness (QED) is 0.278. The minimum Gasteiger partial charge on any atom is -0.491 e. The second-order valence-electron chi connectivity index (χ2n) is 11.5. The Morgan fingerprint density at radius 2 is 1.60 bits per heavy atom. The van der Waals surface area contributed by atoms with E-state index in [9.17, 15) is 19.5 Å². The number of carbonyl (C=O) groups excluding carboxylic acids is 2. The molecule has 0 spiro atoms. The number of likely N-dealkylation sites (tertiary alicyclic amines) is 1. The van der Waals surface area contributed by atoms with Gasteiger partial charge in [-0.1, -0.05) is 42.5 Å². The fraction of sp³-hybridized carbons (Fsp3) is 0.531. The minimum atomic E-state index is -0.944. The average molecular weight is 553 g/mol. The van der Waals surface area contributed by atoms with Gasteiger partial charge in [-0.25, -0.2) is 4.79 Å². The summed E-state index contributed by atoms with van der Waals surface area (Å²) in [7, 11) is 0. The van der Waals surface area contributed by atoms with E-state index in [0.29, 0.717) is 26.1 Å². The third kappa shape index (κ3) is 10.9. The molecule has 2 atom stereocenters. The topological polar surface area (TPSA) is 105 Å². The zero-order valence-electron chi connectivity index (χ0n) is 24.1. The number of aliphatic carboxylic acids is 1. The fourth-order valence-electron chi connectivity index (χ4n) is 4.96. The Hall–Kier alpha value is -3.55. The summed E-state index contributed by atoms with van der Waals surface area (Å²) in [6.07, 6.45) is 5.42. The smallest absolute Gasteiger partial charge is 0.407 e. The third-order valence-corrected chi connectivity index (χ3v) is 6.93. The summed E-state index contributed by atoms with van der Waals surface area (Å²) in [5, 5.41) is 12.0. The molecular weight excluding hydrogens is 508 g/mol. The second-order valence-corrected chi connectivity index (χ2v) is 11.5. The maximum absolute atomic E-state index is 13.0. The summed E-state index contributed by atoms with van der Waals surface area (Å²) in [5.41, 5.74) is 1.96. The summed E-state index contributed by atoms with van der Waals surface area (Å²) in [6.45, 7) is 7.05. The zero-order chi connectivity index (χ0) is 29.0. The van der Waals surface area contributed by atoms with Gasteiger partial charge in [-0.15, -0.1) is 0 Å². The summed E-state index contributed by atoms with van der Waals surface area (Å²) in [4.78, 5) is 37.8. The molecular formula is C32H44N2O6. The van der Waals surface area contributed by atoms with E-state index in [1.807, 2.05) is 68.1 Å². The molecule has 1 saturated heterocycles. The number of unbranched alkanes of at least 4 members (excludes halogenated alkanes) is 2. The highest BCUT2D eigenvalue weighted by atomic mass is 16.6. The molecule has 0 aromatic heterocycles. The van der Waals surface area contributed by atoms with Crippen molar-refractivity contribution in [2.24, 2.45) is 5.92 Å². The van der Waals surface area contributed by atoms with Crippen LogP contribution in [0, 0.1) is 5.92 Å². The van der Waals surface area contributed by atoms with Gasteiger partial charge < -0.3 is 24.8 Å². The van der Waals surface area contributed by atoms with E-state index in [-0.39, 0.29) is 18.4 Å². The lowest BCUT2D eigenvalue weighted by Gasteiger charge is -2.25. The number of hydrogen-bond donors (Lipinski definition) is 2. The van der Waals surface area contributed by atoms with Crippen molar-refractivity contribution in [3.63, 3.8) is 0 Å². The van der Waals surface area contributed by atoms with E-state index in [0.717, 1.165) is 44.3 Å². The van der Waals surface area contributed by atoms with Crippen molar-refractivity contribution < 1.29 is 29.0 Å². The van der Waals surface area contributed by atoms with Crippen LogP contribution in [-0.2, 0) is 27.2 Å². The van der Waals surface area contributed by atoms with Crippen molar-refractivity contribution >= 4 is 18.0 Å². The molecule has 3 rings (SSSR count). The maximum atomic E-state index is 13.0. The van der Waals surface area contributed by atoms with Gasteiger partial charge in [0.25, 0.3) is 0 Å². The number of carboxylic acid groups (broad SMARTS) is 1. The van der Waals surface area contributed by atoms with Crippen LogP contribution in [0.5, 0.6) is 5.75 Å². The highest BCUT2D eigenvalue weighted by Gasteiger charge is 2.40. The first-order valence-corrected chi connectivity index (χ1v) is 14.4. The van der Waals surface area contributed by atoms with Crippen molar-refractivity contribution in [3.05, 3.63) is 65.7 Å². The van der Waals surface area contributed by atoms with Crippen LogP contribution in [0.1, 0.15) is 70.4 Å². The van der Waals surface area contributed by atoms with Gasteiger partial charge in [0.15, 0.2) is 0 Å². The van der Waals surface area contributed by atoms with Gasteiger partial charge in [0.05, 0.1) is 18.4 Å². The van der Waals surface area contributed by atoms with Crippen molar-refractivity contribution in [3.8, 4) is 5.75 Å². The molecule has 8 nitrogen and oxygen atoms in total. The van der Waals surface area contributed by atoms with Crippen LogP contribution >= 0.6 is 0 Å². The Balaban J connectivity index is 1.42. The number of rotatable bonds is 15. The Bertz CT molecular complexity index is 1080. The lowest BCUT2D eigenvalue weighted by atomic mass is 10.0. The lowest BCUT2D eigenvalue weighted by molar-refractivity contribution is -0.142. The van der Waals surface area contributed by atoms with Gasteiger partial charge in [-0.3, -0.25) is 9.59 Å².